The first-order valence-electron chi connectivity index (χ1n) is 12.2. The summed E-state index contributed by atoms with van der Waals surface area (Å²) in [4.78, 5) is 11.4. The van der Waals surface area contributed by atoms with Gasteiger partial charge in [-0.15, -0.1) is 0 Å². The van der Waals surface area contributed by atoms with Gasteiger partial charge in [0.25, 0.3) is 0 Å². The number of allylic oxidation sites excluding steroid dienone is 3. The van der Waals surface area contributed by atoms with Gasteiger partial charge in [-0.25, -0.2) is 4.79 Å². The largest absolute Gasteiger partial charge is 0.466 e. The van der Waals surface area contributed by atoms with Gasteiger partial charge >= 0.3 is 5.97 Å². The second kappa shape index (κ2) is 7.89. The molecule has 0 unspecified atom stereocenters. The van der Waals surface area contributed by atoms with Crippen LogP contribution in [0.2, 0.25) is 0 Å². The van der Waals surface area contributed by atoms with Gasteiger partial charge in [0.1, 0.15) is 0 Å². The Morgan fingerprint density at radius 3 is 2.76 bits per heavy atom. The number of esters is 1. The fourth-order valence-corrected chi connectivity index (χ4v) is 8.43. The number of carbonyl (C=O) groups is 1. The van der Waals surface area contributed by atoms with Gasteiger partial charge < -0.3 is 4.74 Å². The van der Waals surface area contributed by atoms with E-state index in [1.807, 2.05) is 11.6 Å². The van der Waals surface area contributed by atoms with Gasteiger partial charge in [0.05, 0.1) is 7.11 Å². The maximum absolute atomic E-state index is 11.4. The van der Waals surface area contributed by atoms with Crippen molar-refractivity contribution in [3.8, 4) is 0 Å². The molecule has 29 heavy (non-hydrogen) atoms. The van der Waals surface area contributed by atoms with E-state index in [2.05, 4.69) is 33.8 Å². The second-order valence-corrected chi connectivity index (χ2v) is 11.5. The average Bonchev–Trinajstić information content (AvgIpc) is 3.05. The molecule has 4 aliphatic carbocycles. The van der Waals surface area contributed by atoms with E-state index in [0.717, 1.165) is 36.0 Å². The lowest BCUT2D eigenvalue weighted by Crippen LogP contribution is -2.50. The van der Waals surface area contributed by atoms with E-state index in [1.165, 1.54) is 58.5 Å². The Hall–Kier alpha value is -1.05. The lowest BCUT2D eigenvalue weighted by Gasteiger charge is -2.58. The van der Waals surface area contributed by atoms with Gasteiger partial charge in [-0.2, -0.15) is 0 Å². The standard InChI is InChI=1S/C27H42O2/c1-18-13-15-26(3)20(17-18)9-10-21-23-12-11-22(27(23,4)16-14-24(21)26)19(2)7-6-8-25(28)29-5/h6,8-9,18-19,21-24H,7,10-17H2,1-5H3/b8-6+/t18-,19+,21-,22+,23-,24-,26-,27+/m0/s1. The number of fused-ring (bicyclic) bond motifs is 5. The van der Waals surface area contributed by atoms with E-state index in [9.17, 15) is 4.79 Å². The van der Waals surface area contributed by atoms with E-state index >= 15 is 0 Å². The minimum absolute atomic E-state index is 0.229. The monoisotopic (exact) mass is 398 g/mol. The molecule has 4 aliphatic rings. The van der Waals surface area contributed by atoms with E-state index < -0.39 is 0 Å². The molecule has 0 bridgehead atoms. The molecule has 2 heteroatoms. The third-order valence-electron chi connectivity index (χ3n) is 10.1. The molecule has 0 saturated heterocycles. The molecule has 0 amide bonds. The summed E-state index contributed by atoms with van der Waals surface area (Å²) in [6.07, 6.45) is 18.5. The summed E-state index contributed by atoms with van der Waals surface area (Å²) < 4.78 is 4.75. The van der Waals surface area contributed by atoms with Gasteiger partial charge in [0.2, 0.25) is 0 Å². The first kappa shape index (κ1) is 21.2. The van der Waals surface area contributed by atoms with Crippen LogP contribution in [0.15, 0.2) is 23.8 Å². The van der Waals surface area contributed by atoms with E-state index in [0.29, 0.717) is 16.7 Å². The van der Waals surface area contributed by atoms with Crippen LogP contribution in [0.3, 0.4) is 0 Å². The van der Waals surface area contributed by atoms with Crippen molar-refractivity contribution in [1.29, 1.82) is 0 Å². The molecule has 0 aromatic rings. The molecule has 8 atom stereocenters. The zero-order chi connectivity index (χ0) is 20.8. The summed E-state index contributed by atoms with van der Waals surface area (Å²) >= 11 is 0. The molecule has 0 heterocycles. The van der Waals surface area contributed by atoms with Gasteiger partial charge in [0, 0.05) is 6.08 Å². The Kier molecular flexibility index (Phi) is 5.77. The third-order valence-corrected chi connectivity index (χ3v) is 10.1. The number of hydrogen-bond acceptors (Lipinski definition) is 2. The fourth-order valence-electron chi connectivity index (χ4n) is 8.43. The van der Waals surface area contributed by atoms with Crippen molar-refractivity contribution in [3.63, 3.8) is 0 Å². The van der Waals surface area contributed by atoms with Crippen molar-refractivity contribution >= 4 is 5.97 Å². The fraction of sp³-hybridized carbons (Fsp3) is 0.815. The van der Waals surface area contributed by atoms with Crippen LogP contribution in [0.5, 0.6) is 0 Å². The molecule has 0 spiro atoms. The molecule has 0 aromatic carbocycles. The van der Waals surface area contributed by atoms with Crippen LogP contribution in [0.25, 0.3) is 0 Å². The van der Waals surface area contributed by atoms with Crippen LogP contribution in [0, 0.1) is 46.3 Å². The molecule has 0 radical (unpaired) electrons. The maximum atomic E-state index is 11.4. The van der Waals surface area contributed by atoms with Crippen molar-refractivity contribution in [3.05, 3.63) is 23.8 Å². The van der Waals surface area contributed by atoms with Gasteiger partial charge in [0.15, 0.2) is 0 Å². The Morgan fingerprint density at radius 1 is 1.21 bits per heavy atom. The first-order valence-corrected chi connectivity index (χ1v) is 12.2. The minimum atomic E-state index is -0.229. The summed E-state index contributed by atoms with van der Waals surface area (Å²) in [5.74, 6) is 4.80. The zero-order valence-corrected chi connectivity index (χ0v) is 19.4. The van der Waals surface area contributed by atoms with Crippen LogP contribution in [0.4, 0.5) is 0 Å². The lowest BCUT2D eigenvalue weighted by atomic mass is 9.46. The van der Waals surface area contributed by atoms with E-state index in [4.69, 9.17) is 4.74 Å². The zero-order valence-electron chi connectivity index (χ0n) is 19.4. The molecule has 0 aromatic heterocycles. The average molecular weight is 399 g/mol. The predicted molar refractivity (Wildman–Crippen MR) is 119 cm³/mol. The summed E-state index contributed by atoms with van der Waals surface area (Å²) in [5.41, 5.74) is 2.80. The predicted octanol–water partition coefficient (Wildman–Crippen LogP) is 6.96. The Morgan fingerprint density at radius 2 is 2.00 bits per heavy atom. The third kappa shape index (κ3) is 3.53. The summed E-state index contributed by atoms with van der Waals surface area (Å²) in [6, 6.07) is 0. The maximum Gasteiger partial charge on any atom is 0.330 e. The van der Waals surface area contributed by atoms with Gasteiger partial charge in [-0.3, -0.25) is 0 Å². The smallest absolute Gasteiger partial charge is 0.330 e. The number of carbonyl (C=O) groups excluding carboxylic acids is 1. The quantitative estimate of drug-likeness (QED) is 0.291. The van der Waals surface area contributed by atoms with Crippen molar-refractivity contribution < 1.29 is 9.53 Å². The highest BCUT2D eigenvalue weighted by Crippen LogP contribution is 2.67. The normalized spacial score (nSPS) is 45.1. The van der Waals surface area contributed by atoms with Gasteiger partial charge in [-0.1, -0.05) is 45.4 Å². The van der Waals surface area contributed by atoms with Crippen molar-refractivity contribution in [2.24, 2.45) is 46.3 Å². The highest BCUT2D eigenvalue weighted by atomic mass is 16.5. The summed E-state index contributed by atoms with van der Waals surface area (Å²) in [7, 11) is 1.45. The Labute approximate surface area is 178 Å². The molecule has 0 aliphatic heterocycles. The summed E-state index contributed by atoms with van der Waals surface area (Å²) in [5, 5.41) is 0. The number of ether oxygens (including phenoxy) is 1. The molecular weight excluding hydrogens is 356 g/mol. The van der Waals surface area contributed by atoms with Crippen molar-refractivity contribution in [1.82, 2.24) is 0 Å². The van der Waals surface area contributed by atoms with Crippen LogP contribution in [0.1, 0.15) is 85.5 Å². The van der Waals surface area contributed by atoms with Crippen molar-refractivity contribution in [2.75, 3.05) is 7.11 Å². The SMILES string of the molecule is COC(=O)/C=C/C[C@@H](C)[C@H]1CC[C@H]2[C@@H]3CC=C4C[C@@H](C)CC[C@]4(C)[C@H]3CC[C@]12C. The highest BCUT2D eigenvalue weighted by molar-refractivity contribution is 5.81. The van der Waals surface area contributed by atoms with E-state index in [1.54, 1.807) is 6.08 Å². The molecular formula is C27H42O2. The molecule has 0 N–H and O–H groups in total. The molecule has 2 nitrogen and oxygen atoms in total. The van der Waals surface area contributed by atoms with Crippen LogP contribution < -0.4 is 0 Å². The number of hydrogen-bond donors (Lipinski definition) is 0. The number of rotatable bonds is 4. The lowest BCUT2D eigenvalue weighted by molar-refractivity contribution is -0.134. The Bertz CT molecular complexity index is 691. The van der Waals surface area contributed by atoms with Crippen LogP contribution >= 0.6 is 0 Å². The minimum Gasteiger partial charge on any atom is -0.466 e. The molecule has 4 rings (SSSR count). The topological polar surface area (TPSA) is 26.3 Å². The van der Waals surface area contributed by atoms with Crippen LogP contribution in [-0.4, -0.2) is 13.1 Å². The first-order chi connectivity index (χ1) is 13.8. The molecule has 3 fully saturated rings. The summed E-state index contributed by atoms with van der Waals surface area (Å²) in [6.45, 7) is 10.1. The molecule has 162 valence electrons. The Balaban J connectivity index is 1.50. The van der Waals surface area contributed by atoms with Gasteiger partial charge in [-0.05, 0) is 104 Å². The highest BCUT2D eigenvalue weighted by Gasteiger charge is 2.58. The second-order valence-electron chi connectivity index (χ2n) is 11.5. The van der Waals surface area contributed by atoms with E-state index in [-0.39, 0.29) is 5.97 Å². The number of methoxy groups -OCH3 is 1. The van der Waals surface area contributed by atoms with Crippen molar-refractivity contribution in [2.45, 2.75) is 85.5 Å². The van der Waals surface area contributed by atoms with Crippen LogP contribution in [-0.2, 0) is 9.53 Å². The molecule has 3 saturated carbocycles.